The third kappa shape index (κ3) is 9.21. The molecule has 2 unspecified atom stereocenters. The van der Waals surface area contributed by atoms with Crippen molar-refractivity contribution in [3.05, 3.63) is 0 Å². The summed E-state index contributed by atoms with van der Waals surface area (Å²) in [5, 5.41) is 0. The first-order chi connectivity index (χ1) is 6.92. The zero-order chi connectivity index (χ0) is 12.4. The standard InChI is InChI=1S/C10H22O.C2H7NS/c1-7(2)9(5)10(11-6)8(3)4;1-2-3-4/h7-10H,1-6H3;3-4H,2H2,1H3. The third-order valence-electron chi connectivity index (χ3n) is 2.66. The number of rotatable bonds is 5. The second-order valence-electron chi connectivity index (χ2n) is 4.56. The van der Waals surface area contributed by atoms with Crippen LogP contribution in [0.25, 0.3) is 0 Å². The van der Waals surface area contributed by atoms with Crippen LogP contribution in [0.1, 0.15) is 41.5 Å². The molecule has 0 heterocycles. The third-order valence-corrected chi connectivity index (χ3v) is 2.97. The summed E-state index contributed by atoms with van der Waals surface area (Å²) in [5.74, 6) is 1.99. The molecule has 0 aromatic rings. The summed E-state index contributed by atoms with van der Waals surface area (Å²) in [6, 6.07) is 0. The summed E-state index contributed by atoms with van der Waals surface area (Å²) in [6.45, 7) is 14.1. The lowest BCUT2D eigenvalue weighted by atomic mass is 9.86. The topological polar surface area (TPSA) is 21.3 Å². The molecule has 0 spiro atoms. The molecule has 2 nitrogen and oxygen atoms in total. The monoisotopic (exact) mass is 235 g/mol. The van der Waals surface area contributed by atoms with Crippen LogP contribution >= 0.6 is 12.8 Å². The van der Waals surface area contributed by atoms with E-state index >= 15 is 0 Å². The van der Waals surface area contributed by atoms with Crippen LogP contribution < -0.4 is 4.72 Å². The van der Waals surface area contributed by atoms with E-state index < -0.39 is 0 Å². The van der Waals surface area contributed by atoms with E-state index in [1.165, 1.54) is 0 Å². The van der Waals surface area contributed by atoms with E-state index in [4.69, 9.17) is 4.74 Å². The van der Waals surface area contributed by atoms with Gasteiger partial charge in [0.15, 0.2) is 0 Å². The summed E-state index contributed by atoms with van der Waals surface area (Å²) in [7, 11) is 1.81. The van der Waals surface area contributed by atoms with Gasteiger partial charge in [-0.25, -0.2) is 0 Å². The lowest BCUT2D eigenvalue weighted by Crippen LogP contribution is -2.29. The minimum Gasteiger partial charge on any atom is -0.381 e. The van der Waals surface area contributed by atoms with Crippen LogP contribution in [0.2, 0.25) is 0 Å². The van der Waals surface area contributed by atoms with Crippen molar-refractivity contribution in [2.24, 2.45) is 17.8 Å². The molecule has 0 amide bonds. The van der Waals surface area contributed by atoms with Crippen LogP contribution in [-0.2, 0) is 4.74 Å². The van der Waals surface area contributed by atoms with Crippen molar-refractivity contribution in [3.63, 3.8) is 0 Å². The van der Waals surface area contributed by atoms with Gasteiger partial charge in [-0.1, -0.05) is 54.4 Å². The molecule has 15 heavy (non-hydrogen) atoms. The van der Waals surface area contributed by atoms with Crippen LogP contribution in [-0.4, -0.2) is 19.8 Å². The van der Waals surface area contributed by atoms with E-state index in [-0.39, 0.29) is 0 Å². The van der Waals surface area contributed by atoms with Crippen LogP contribution in [0.3, 0.4) is 0 Å². The van der Waals surface area contributed by atoms with Gasteiger partial charge >= 0.3 is 0 Å². The first kappa shape index (κ1) is 17.7. The molecule has 0 rings (SSSR count). The fraction of sp³-hybridized carbons (Fsp3) is 1.00. The SMILES string of the molecule is CCNS.COC(C(C)C)C(C)C(C)C. The van der Waals surface area contributed by atoms with Gasteiger partial charge in [-0.3, -0.25) is 4.72 Å². The van der Waals surface area contributed by atoms with E-state index in [1.807, 2.05) is 14.0 Å². The average Bonchev–Trinajstić information content (AvgIpc) is 2.18. The van der Waals surface area contributed by atoms with Gasteiger partial charge in [0.05, 0.1) is 6.10 Å². The lowest BCUT2D eigenvalue weighted by Gasteiger charge is -2.28. The quantitative estimate of drug-likeness (QED) is 0.713. The van der Waals surface area contributed by atoms with Gasteiger partial charge in [0.25, 0.3) is 0 Å². The van der Waals surface area contributed by atoms with Gasteiger partial charge in [-0.2, -0.15) is 0 Å². The summed E-state index contributed by atoms with van der Waals surface area (Å²) in [4.78, 5) is 0. The summed E-state index contributed by atoms with van der Waals surface area (Å²) >= 11 is 3.67. The first-order valence-electron chi connectivity index (χ1n) is 5.81. The molecule has 94 valence electrons. The van der Waals surface area contributed by atoms with Crippen molar-refractivity contribution in [2.45, 2.75) is 47.6 Å². The highest BCUT2D eigenvalue weighted by atomic mass is 32.1. The molecule has 0 fully saturated rings. The summed E-state index contributed by atoms with van der Waals surface area (Å²) in [5.41, 5.74) is 0. The predicted molar refractivity (Wildman–Crippen MR) is 72.3 cm³/mol. The fourth-order valence-corrected chi connectivity index (χ4v) is 1.47. The number of methoxy groups -OCH3 is 1. The van der Waals surface area contributed by atoms with Gasteiger partial charge < -0.3 is 4.74 Å². The van der Waals surface area contributed by atoms with E-state index in [0.717, 1.165) is 6.54 Å². The molecule has 0 aromatic heterocycles. The van der Waals surface area contributed by atoms with Crippen LogP contribution in [0.15, 0.2) is 0 Å². The Morgan fingerprint density at radius 3 is 1.53 bits per heavy atom. The molecule has 0 bridgehead atoms. The minimum atomic E-state index is 0.412. The minimum absolute atomic E-state index is 0.412. The molecule has 3 heteroatoms. The van der Waals surface area contributed by atoms with Crippen molar-refractivity contribution >= 4 is 12.8 Å². The molecule has 2 atom stereocenters. The highest BCUT2D eigenvalue weighted by Gasteiger charge is 2.22. The number of nitrogens with one attached hydrogen (secondary N) is 1. The summed E-state index contributed by atoms with van der Waals surface area (Å²) < 4.78 is 8.06. The maximum Gasteiger partial charge on any atom is 0.0622 e. The van der Waals surface area contributed by atoms with E-state index in [2.05, 4.69) is 52.2 Å². The zero-order valence-electron chi connectivity index (χ0n) is 11.4. The van der Waals surface area contributed by atoms with Crippen LogP contribution in [0.5, 0.6) is 0 Å². The van der Waals surface area contributed by atoms with E-state index in [1.54, 1.807) is 0 Å². The highest BCUT2D eigenvalue weighted by Crippen LogP contribution is 2.22. The molecule has 0 aliphatic carbocycles. The Kier molecular flexibility index (Phi) is 12.7. The second kappa shape index (κ2) is 10.8. The Labute approximate surface area is 102 Å². The highest BCUT2D eigenvalue weighted by molar-refractivity contribution is 7.78. The van der Waals surface area contributed by atoms with Gasteiger partial charge in [-0.05, 0) is 17.8 Å². The maximum atomic E-state index is 5.43. The van der Waals surface area contributed by atoms with Gasteiger partial charge in [0, 0.05) is 13.7 Å². The molecular formula is C12H29NOS. The predicted octanol–water partition coefficient (Wildman–Crippen LogP) is 3.39. The molecule has 1 N–H and O–H groups in total. The number of hydrogen-bond acceptors (Lipinski definition) is 3. The summed E-state index contributed by atoms with van der Waals surface area (Å²) in [6.07, 6.45) is 0.412. The molecule has 0 radical (unpaired) electrons. The van der Waals surface area contributed by atoms with Gasteiger partial charge in [0.2, 0.25) is 0 Å². The second-order valence-corrected chi connectivity index (χ2v) is 4.88. The van der Waals surface area contributed by atoms with Crippen LogP contribution in [0, 0.1) is 17.8 Å². The van der Waals surface area contributed by atoms with Crippen molar-refractivity contribution in [1.82, 2.24) is 4.72 Å². The van der Waals surface area contributed by atoms with Crippen molar-refractivity contribution in [3.8, 4) is 0 Å². The Balaban J connectivity index is 0. The molecule has 0 saturated carbocycles. The zero-order valence-corrected chi connectivity index (χ0v) is 12.3. The lowest BCUT2D eigenvalue weighted by molar-refractivity contribution is 0.00760. The molecule has 0 aliphatic heterocycles. The first-order valence-corrected chi connectivity index (χ1v) is 6.26. The molecular weight excluding hydrogens is 206 g/mol. The van der Waals surface area contributed by atoms with Crippen LogP contribution in [0.4, 0.5) is 0 Å². The van der Waals surface area contributed by atoms with E-state index in [9.17, 15) is 0 Å². The number of ether oxygens (including phenoxy) is 1. The van der Waals surface area contributed by atoms with Crippen molar-refractivity contribution < 1.29 is 4.74 Å². The normalized spacial score (nSPS) is 14.8. The Morgan fingerprint density at radius 2 is 1.47 bits per heavy atom. The maximum absolute atomic E-state index is 5.43. The smallest absolute Gasteiger partial charge is 0.0622 e. The number of thiol groups is 1. The Bertz CT molecular complexity index is 127. The van der Waals surface area contributed by atoms with Crippen molar-refractivity contribution in [1.29, 1.82) is 0 Å². The Hall–Kier alpha value is 0.270. The molecule has 0 aliphatic rings. The Morgan fingerprint density at radius 1 is 1.07 bits per heavy atom. The fourth-order valence-electron chi connectivity index (χ4n) is 1.47. The molecule has 0 saturated heterocycles. The van der Waals surface area contributed by atoms with Gasteiger partial charge in [-0.15, -0.1) is 0 Å². The van der Waals surface area contributed by atoms with Crippen molar-refractivity contribution in [2.75, 3.05) is 13.7 Å². The van der Waals surface area contributed by atoms with E-state index in [0.29, 0.717) is 23.9 Å². The number of hydrogen-bond donors (Lipinski definition) is 2. The largest absolute Gasteiger partial charge is 0.381 e. The molecule has 0 aromatic carbocycles. The van der Waals surface area contributed by atoms with Gasteiger partial charge in [0.1, 0.15) is 0 Å². The average molecular weight is 235 g/mol.